The van der Waals surface area contributed by atoms with E-state index in [4.69, 9.17) is 10.5 Å². The van der Waals surface area contributed by atoms with E-state index in [0.717, 1.165) is 26.1 Å². The van der Waals surface area contributed by atoms with Crippen LogP contribution >= 0.6 is 0 Å². The molecule has 0 spiro atoms. The van der Waals surface area contributed by atoms with Crippen molar-refractivity contribution in [1.29, 1.82) is 0 Å². The van der Waals surface area contributed by atoms with E-state index in [1.54, 1.807) is 13.8 Å². The van der Waals surface area contributed by atoms with Crippen LogP contribution in [0.3, 0.4) is 0 Å². The molecule has 0 saturated carbocycles. The normalized spacial score (nSPS) is 14.9. The molecule has 2 N–H and O–H groups in total. The van der Waals surface area contributed by atoms with Crippen LogP contribution in [0.4, 0.5) is 0 Å². The van der Waals surface area contributed by atoms with Crippen molar-refractivity contribution < 1.29 is 9.53 Å². The molecule has 0 amide bonds. The average molecular weight is 230 g/mol. The first-order chi connectivity index (χ1) is 7.47. The molecule has 1 unspecified atom stereocenters. The lowest BCUT2D eigenvalue weighted by molar-refractivity contribution is -0.149. The highest BCUT2D eigenvalue weighted by Crippen LogP contribution is 2.11. The highest BCUT2D eigenvalue weighted by atomic mass is 16.5. The minimum atomic E-state index is -0.844. The Bertz CT molecular complexity index is 201. The Morgan fingerprint density at radius 1 is 1.31 bits per heavy atom. The predicted molar refractivity (Wildman–Crippen MR) is 66.2 cm³/mol. The highest BCUT2D eigenvalue weighted by Gasteiger charge is 2.29. The highest BCUT2D eigenvalue weighted by molar-refractivity contribution is 5.79. The van der Waals surface area contributed by atoms with Crippen molar-refractivity contribution in [2.24, 2.45) is 5.73 Å². The lowest BCUT2D eigenvalue weighted by atomic mass is 9.97. The summed E-state index contributed by atoms with van der Waals surface area (Å²) in [5.74, 6) is -0.297. The maximum atomic E-state index is 11.5. The third-order valence-corrected chi connectivity index (χ3v) is 2.81. The van der Waals surface area contributed by atoms with Crippen LogP contribution in [0, 0.1) is 0 Å². The number of nitrogens with zero attached hydrogens (tertiary/aromatic N) is 1. The van der Waals surface area contributed by atoms with Gasteiger partial charge in [0.1, 0.15) is 5.54 Å². The fraction of sp³-hybridized carbons (Fsp3) is 0.917. The van der Waals surface area contributed by atoms with Gasteiger partial charge >= 0.3 is 5.97 Å². The van der Waals surface area contributed by atoms with E-state index in [1.165, 1.54) is 0 Å². The lowest BCUT2D eigenvalue weighted by Crippen LogP contribution is -2.46. The molecule has 16 heavy (non-hydrogen) atoms. The number of hydrogen-bond acceptors (Lipinski definition) is 4. The molecular formula is C12H26N2O2. The van der Waals surface area contributed by atoms with E-state index in [-0.39, 0.29) is 5.97 Å². The summed E-state index contributed by atoms with van der Waals surface area (Å²) in [5.41, 5.74) is 5.08. The van der Waals surface area contributed by atoms with E-state index < -0.39 is 5.54 Å². The molecule has 0 aromatic rings. The first kappa shape index (κ1) is 15.4. The summed E-state index contributed by atoms with van der Waals surface area (Å²) in [5, 5.41) is 0. The maximum Gasteiger partial charge on any atom is 0.325 e. The van der Waals surface area contributed by atoms with Gasteiger partial charge < -0.3 is 15.4 Å². The van der Waals surface area contributed by atoms with Crippen LogP contribution in [-0.2, 0) is 9.53 Å². The van der Waals surface area contributed by atoms with Crippen molar-refractivity contribution in [3.8, 4) is 0 Å². The van der Waals surface area contributed by atoms with Gasteiger partial charge in [-0.2, -0.15) is 0 Å². The van der Waals surface area contributed by atoms with Crippen LogP contribution in [0.1, 0.15) is 40.5 Å². The Hall–Kier alpha value is -0.610. The van der Waals surface area contributed by atoms with Crippen LogP contribution in [0.5, 0.6) is 0 Å². The number of ether oxygens (including phenoxy) is 1. The number of esters is 1. The third-order valence-electron chi connectivity index (χ3n) is 2.81. The number of hydrogen-bond donors (Lipinski definition) is 1. The largest absolute Gasteiger partial charge is 0.465 e. The van der Waals surface area contributed by atoms with Crippen molar-refractivity contribution >= 4 is 5.97 Å². The van der Waals surface area contributed by atoms with Gasteiger partial charge in [-0.15, -0.1) is 0 Å². The first-order valence-electron chi connectivity index (χ1n) is 6.16. The zero-order valence-electron chi connectivity index (χ0n) is 11.1. The Morgan fingerprint density at radius 3 is 2.31 bits per heavy atom. The van der Waals surface area contributed by atoms with E-state index in [0.29, 0.717) is 13.0 Å². The van der Waals surface area contributed by atoms with E-state index in [9.17, 15) is 4.79 Å². The number of carbonyl (C=O) groups excluding carboxylic acids is 1. The summed E-state index contributed by atoms with van der Waals surface area (Å²) in [7, 11) is 0. The topological polar surface area (TPSA) is 55.6 Å². The van der Waals surface area contributed by atoms with E-state index in [1.807, 2.05) is 0 Å². The van der Waals surface area contributed by atoms with Crippen molar-refractivity contribution in [1.82, 2.24) is 4.90 Å². The molecule has 0 radical (unpaired) electrons. The Kier molecular flexibility index (Phi) is 7.34. The molecule has 0 heterocycles. The molecule has 4 heteroatoms. The summed E-state index contributed by atoms with van der Waals surface area (Å²) in [6, 6.07) is 0. The van der Waals surface area contributed by atoms with Gasteiger partial charge in [0, 0.05) is 0 Å². The fourth-order valence-corrected chi connectivity index (χ4v) is 1.61. The van der Waals surface area contributed by atoms with Crippen LogP contribution in [-0.4, -0.2) is 42.6 Å². The second-order valence-electron chi connectivity index (χ2n) is 4.27. The minimum Gasteiger partial charge on any atom is -0.465 e. The van der Waals surface area contributed by atoms with Gasteiger partial charge in [-0.3, -0.25) is 4.79 Å². The summed E-state index contributed by atoms with van der Waals surface area (Å²) in [6.07, 6.45) is 1.59. The van der Waals surface area contributed by atoms with Crippen molar-refractivity contribution in [3.05, 3.63) is 0 Å². The Morgan fingerprint density at radius 2 is 1.88 bits per heavy atom. The number of nitrogens with two attached hydrogens (primary N) is 1. The third kappa shape index (κ3) is 5.47. The monoisotopic (exact) mass is 230 g/mol. The smallest absolute Gasteiger partial charge is 0.325 e. The second kappa shape index (κ2) is 7.63. The minimum absolute atomic E-state index is 0.297. The lowest BCUT2D eigenvalue weighted by Gasteiger charge is -2.24. The molecule has 1 atom stereocenters. The molecule has 96 valence electrons. The molecule has 0 aliphatic rings. The van der Waals surface area contributed by atoms with Crippen molar-refractivity contribution in [2.45, 2.75) is 46.1 Å². The van der Waals surface area contributed by atoms with Gasteiger partial charge in [-0.1, -0.05) is 13.8 Å². The summed E-state index contributed by atoms with van der Waals surface area (Å²) in [4.78, 5) is 13.8. The maximum absolute atomic E-state index is 11.5. The molecule has 4 nitrogen and oxygen atoms in total. The molecule has 0 aromatic carbocycles. The summed E-state index contributed by atoms with van der Waals surface area (Å²) < 4.78 is 4.94. The zero-order chi connectivity index (χ0) is 12.6. The van der Waals surface area contributed by atoms with Gasteiger partial charge in [0.15, 0.2) is 0 Å². The van der Waals surface area contributed by atoms with E-state index >= 15 is 0 Å². The van der Waals surface area contributed by atoms with Gasteiger partial charge in [-0.25, -0.2) is 0 Å². The zero-order valence-corrected chi connectivity index (χ0v) is 11.1. The number of carbonyl (C=O) groups is 1. The Balaban J connectivity index is 3.94. The summed E-state index contributed by atoms with van der Waals surface area (Å²) >= 11 is 0. The molecule has 0 saturated heterocycles. The standard InChI is InChI=1S/C12H26N2O2/c1-5-14(6-2)10-8-9-12(4,13)11(15)16-7-3/h5-10,13H2,1-4H3. The van der Waals surface area contributed by atoms with E-state index in [2.05, 4.69) is 18.7 Å². The molecule has 0 aliphatic carbocycles. The Labute approximate surface area is 99.1 Å². The van der Waals surface area contributed by atoms with Gasteiger partial charge in [-0.05, 0) is 46.3 Å². The molecule has 0 fully saturated rings. The number of rotatable bonds is 8. The predicted octanol–water partition coefficient (Wildman–Crippen LogP) is 1.39. The SMILES string of the molecule is CCOC(=O)C(C)(N)CCCN(CC)CC. The van der Waals surface area contributed by atoms with Crippen LogP contribution in [0.15, 0.2) is 0 Å². The van der Waals surface area contributed by atoms with Gasteiger partial charge in [0.25, 0.3) is 0 Å². The van der Waals surface area contributed by atoms with Crippen LogP contribution < -0.4 is 5.73 Å². The van der Waals surface area contributed by atoms with Crippen LogP contribution in [0.25, 0.3) is 0 Å². The fourth-order valence-electron chi connectivity index (χ4n) is 1.61. The van der Waals surface area contributed by atoms with Crippen molar-refractivity contribution in [2.75, 3.05) is 26.2 Å². The molecule has 0 bridgehead atoms. The average Bonchev–Trinajstić information content (AvgIpc) is 2.24. The molecule has 0 aliphatic heterocycles. The van der Waals surface area contributed by atoms with Crippen LogP contribution in [0.2, 0.25) is 0 Å². The second-order valence-corrected chi connectivity index (χ2v) is 4.27. The first-order valence-corrected chi connectivity index (χ1v) is 6.16. The quantitative estimate of drug-likeness (QED) is 0.640. The molecule has 0 rings (SSSR count). The van der Waals surface area contributed by atoms with Crippen molar-refractivity contribution in [3.63, 3.8) is 0 Å². The molecular weight excluding hydrogens is 204 g/mol. The van der Waals surface area contributed by atoms with Gasteiger partial charge in [0.2, 0.25) is 0 Å². The molecule has 0 aromatic heterocycles. The summed E-state index contributed by atoms with van der Waals surface area (Å²) in [6.45, 7) is 11.3. The van der Waals surface area contributed by atoms with Gasteiger partial charge in [0.05, 0.1) is 6.61 Å².